The van der Waals surface area contributed by atoms with Gasteiger partial charge in [-0.2, -0.15) is 0 Å². The van der Waals surface area contributed by atoms with Crippen molar-refractivity contribution in [3.63, 3.8) is 0 Å². The van der Waals surface area contributed by atoms with E-state index in [4.69, 9.17) is 14.2 Å². The highest BCUT2D eigenvalue weighted by molar-refractivity contribution is 5.91. The molecule has 0 unspecified atom stereocenters. The number of hydrogen-bond donors (Lipinski definition) is 1. The summed E-state index contributed by atoms with van der Waals surface area (Å²) in [6, 6.07) is 6.74. The zero-order valence-corrected chi connectivity index (χ0v) is 14.2. The van der Waals surface area contributed by atoms with Crippen molar-refractivity contribution >= 4 is 11.9 Å². The Kier molecular flexibility index (Phi) is 7.06. The average molecular weight is 335 g/mol. The second kappa shape index (κ2) is 9.27. The Bertz CT molecular complexity index is 537. The lowest BCUT2D eigenvalue weighted by Gasteiger charge is -2.12. The molecule has 1 N–H and O–H groups in total. The second-order valence-corrected chi connectivity index (χ2v) is 5.92. The lowest BCUT2D eigenvalue weighted by Crippen LogP contribution is -2.35. The van der Waals surface area contributed by atoms with Crippen LogP contribution in [0.15, 0.2) is 24.3 Å². The predicted octanol–water partition coefficient (Wildman–Crippen LogP) is 2.32. The number of ether oxygens (including phenoxy) is 3. The van der Waals surface area contributed by atoms with E-state index in [1.807, 2.05) is 13.8 Å². The Morgan fingerprint density at radius 1 is 1.33 bits per heavy atom. The van der Waals surface area contributed by atoms with E-state index in [-0.39, 0.29) is 24.7 Å². The summed E-state index contributed by atoms with van der Waals surface area (Å²) in [5.41, 5.74) is 0.385. The highest BCUT2D eigenvalue weighted by atomic mass is 16.5. The summed E-state index contributed by atoms with van der Waals surface area (Å²) in [6.07, 6.45) is 3.07. The van der Waals surface area contributed by atoms with E-state index >= 15 is 0 Å². The molecule has 6 heteroatoms. The number of nitrogens with one attached hydrogen (secondary N) is 1. The molecular weight excluding hydrogens is 310 g/mol. The molecule has 1 heterocycles. The van der Waals surface area contributed by atoms with Gasteiger partial charge in [-0.25, -0.2) is 4.79 Å². The molecule has 1 aliphatic rings. The molecule has 24 heavy (non-hydrogen) atoms. The van der Waals surface area contributed by atoms with Crippen molar-refractivity contribution in [2.45, 2.75) is 45.3 Å². The number of hydrogen-bond acceptors (Lipinski definition) is 5. The van der Waals surface area contributed by atoms with Gasteiger partial charge in [0.1, 0.15) is 12.4 Å². The Morgan fingerprint density at radius 3 is 2.71 bits per heavy atom. The first-order valence-corrected chi connectivity index (χ1v) is 8.39. The minimum absolute atomic E-state index is 0.0662. The third-order valence-corrected chi connectivity index (χ3v) is 3.90. The van der Waals surface area contributed by atoms with Gasteiger partial charge in [0.2, 0.25) is 0 Å². The summed E-state index contributed by atoms with van der Waals surface area (Å²) in [7, 11) is 0. The Morgan fingerprint density at radius 2 is 2.08 bits per heavy atom. The van der Waals surface area contributed by atoms with E-state index in [0.717, 1.165) is 25.9 Å². The van der Waals surface area contributed by atoms with Crippen LogP contribution in [-0.2, 0) is 14.3 Å². The summed E-state index contributed by atoms with van der Waals surface area (Å²) in [5.74, 6) is -0.147. The van der Waals surface area contributed by atoms with Crippen molar-refractivity contribution in [3.05, 3.63) is 29.8 Å². The van der Waals surface area contributed by atoms with Crippen LogP contribution in [0.3, 0.4) is 0 Å². The molecule has 1 amide bonds. The molecule has 1 aromatic rings. The lowest BCUT2D eigenvalue weighted by atomic mass is 10.2. The first-order valence-electron chi connectivity index (χ1n) is 8.39. The predicted molar refractivity (Wildman–Crippen MR) is 89.1 cm³/mol. The van der Waals surface area contributed by atoms with Gasteiger partial charge in [-0.3, -0.25) is 4.79 Å². The van der Waals surface area contributed by atoms with Crippen LogP contribution in [-0.4, -0.2) is 43.8 Å². The van der Waals surface area contributed by atoms with Gasteiger partial charge in [0, 0.05) is 12.6 Å². The Balaban J connectivity index is 1.75. The van der Waals surface area contributed by atoms with E-state index in [9.17, 15) is 9.59 Å². The topological polar surface area (TPSA) is 73.9 Å². The maximum atomic E-state index is 11.9. The van der Waals surface area contributed by atoms with Gasteiger partial charge >= 0.3 is 5.97 Å². The van der Waals surface area contributed by atoms with Gasteiger partial charge in [-0.15, -0.1) is 0 Å². The van der Waals surface area contributed by atoms with Crippen LogP contribution in [0.2, 0.25) is 0 Å². The minimum Gasteiger partial charge on any atom is -0.491 e. The minimum atomic E-state index is -0.528. The van der Waals surface area contributed by atoms with E-state index in [1.54, 1.807) is 24.3 Å². The van der Waals surface area contributed by atoms with E-state index < -0.39 is 5.97 Å². The second-order valence-electron chi connectivity index (χ2n) is 5.92. The summed E-state index contributed by atoms with van der Waals surface area (Å²) >= 11 is 0. The maximum absolute atomic E-state index is 11.9. The van der Waals surface area contributed by atoms with Crippen LogP contribution in [0.5, 0.6) is 5.75 Å². The van der Waals surface area contributed by atoms with Crippen LogP contribution in [0.1, 0.15) is 43.5 Å². The zero-order valence-electron chi connectivity index (χ0n) is 14.2. The largest absolute Gasteiger partial charge is 0.491 e. The number of carbonyl (C=O) groups excluding carboxylic acids is 2. The molecule has 0 spiro atoms. The first-order chi connectivity index (χ1) is 11.6. The number of carbonyl (C=O) groups is 2. The van der Waals surface area contributed by atoms with Crippen molar-refractivity contribution in [2.24, 2.45) is 0 Å². The summed E-state index contributed by atoms with van der Waals surface area (Å²) in [4.78, 5) is 23.5. The fraction of sp³-hybridized carbons (Fsp3) is 0.556. The van der Waals surface area contributed by atoms with Crippen molar-refractivity contribution in [2.75, 3.05) is 19.8 Å². The molecule has 1 saturated heterocycles. The maximum Gasteiger partial charge on any atom is 0.338 e. The molecule has 2 rings (SSSR count). The van der Waals surface area contributed by atoms with Gasteiger partial charge in [-0.1, -0.05) is 6.92 Å². The molecule has 0 aliphatic carbocycles. The van der Waals surface area contributed by atoms with E-state index in [2.05, 4.69) is 5.32 Å². The molecule has 132 valence electrons. The van der Waals surface area contributed by atoms with Gasteiger partial charge < -0.3 is 19.5 Å². The zero-order chi connectivity index (χ0) is 17.4. The van der Waals surface area contributed by atoms with Gasteiger partial charge in [-0.05, 0) is 50.5 Å². The molecule has 0 aromatic heterocycles. The number of rotatable bonds is 8. The highest BCUT2D eigenvalue weighted by Crippen LogP contribution is 2.17. The molecule has 1 aromatic carbocycles. The van der Waals surface area contributed by atoms with E-state index in [1.165, 1.54) is 0 Å². The molecular formula is C18H25NO5. The quantitative estimate of drug-likeness (QED) is 0.738. The Hall–Kier alpha value is -2.08. The van der Waals surface area contributed by atoms with Gasteiger partial charge in [0.05, 0.1) is 11.7 Å². The van der Waals surface area contributed by atoms with E-state index in [0.29, 0.717) is 17.9 Å². The average Bonchev–Trinajstić information content (AvgIpc) is 3.11. The fourth-order valence-corrected chi connectivity index (χ4v) is 2.29. The standard InChI is InChI=1S/C18H25NO5/c1-3-13(2)19-17(20)12-24-18(21)14-6-8-15(9-7-14)23-11-16-5-4-10-22-16/h6-9,13,16H,3-5,10-12H2,1-2H3,(H,19,20)/t13-,16+/m0/s1. The fourth-order valence-electron chi connectivity index (χ4n) is 2.29. The van der Waals surface area contributed by atoms with Gasteiger partial charge in [0.25, 0.3) is 5.91 Å². The SMILES string of the molecule is CC[C@H](C)NC(=O)COC(=O)c1ccc(OC[C@H]2CCCO2)cc1. The molecule has 2 atom stereocenters. The molecule has 0 radical (unpaired) electrons. The molecule has 0 saturated carbocycles. The summed E-state index contributed by atoms with van der Waals surface area (Å²) < 4.78 is 16.1. The van der Waals surface area contributed by atoms with Crippen molar-refractivity contribution in [1.29, 1.82) is 0 Å². The van der Waals surface area contributed by atoms with Crippen LogP contribution < -0.4 is 10.1 Å². The highest BCUT2D eigenvalue weighted by Gasteiger charge is 2.16. The van der Waals surface area contributed by atoms with Crippen LogP contribution >= 0.6 is 0 Å². The van der Waals surface area contributed by atoms with Crippen molar-refractivity contribution < 1.29 is 23.8 Å². The number of amides is 1. The normalized spacial score (nSPS) is 18.0. The van der Waals surface area contributed by atoms with Crippen molar-refractivity contribution in [1.82, 2.24) is 5.32 Å². The van der Waals surface area contributed by atoms with Gasteiger partial charge in [0.15, 0.2) is 6.61 Å². The third kappa shape index (κ3) is 5.85. The van der Waals surface area contributed by atoms with Crippen LogP contribution in [0.4, 0.5) is 0 Å². The smallest absolute Gasteiger partial charge is 0.338 e. The third-order valence-electron chi connectivity index (χ3n) is 3.90. The molecule has 1 aliphatic heterocycles. The van der Waals surface area contributed by atoms with Crippen molar-refractivity contribution in [3.8, 4) is 5.75 Å². The summed E-state index contributed by atoms with van der Waals surface area (Å²) in [6.45, 7) is 4.90. The molecule has 1 fully saturated rings. The Labute approximate surface area is 142 Å². The number of benzene rings is 1. The molecule has 0 bridgehead atoms. The first kappa shape index (κ1) is 18.3. The lowest BCUT2D eigenvalue weighted by molar-refractivity contribution is -0.124. The monoisotopic (exact) mass is 335 g/mol. The summed E-state index contributed by atoms with van der Waals surface area (Å²) in [5, 5.41) is 2.74. The van der Waals surface area contributed by atoms with Crippen LogP contribution in [0, 0.1) is 0 Å². The van der Waals surface area contributed by atoms with Crippen LogP contribution in [0.25, 0.3) is 0 Å². The number of esters is 1. The molecule has 6 nitrogen and oxygen atoms in total.